The van der Waals surface area contributed by atoms with E-state index in [1.807, 2.05) is 0 Å². The number of carbonyl (C=O) groups excluding carboxylic acids is 1. The molecule has 5 heteroatoms. The molecule has 0 aliphatic carbocycles. The van der Waals surface area contributed by atoms with Gasteiger partial charge in [-0.2, -0.15) is 5.10 Å². The van der Waals surface area contributed by atoms with Gasteiger partial charge in [0, 0.05) is 0 Å². The van der Waals surface area contributed by atoms with Crippen molar-refractivity contribution in [1.82, 2.24) is 5.43 Å². The molecule has 0 saturated carbocycles. The number of thioether (sulfide) groups is 1. The van der Waals surface area contributed by atoms with Gasteiger partial charge in [-0.1, -0.05) is 11.8 Å². The monoisotopic (exact) mass is 131 g/mol. The van der Waals surface area contributed by atoms with E-state index in [2.05, 4.69) is 10.5 Å². The van der Waals surface area contributed by atoms with E-state index in [1.165, 1.54) is 11.8 Å². The third-order valence-corrected chi connectivity index (χ3v) is 1.54. The number of nitrogens with one attached hydrogen (secondary N) is 1. The van der Waals surface area contributed by atoms with Gasteiger partial charge in [-0.3, -0.25) is 10.2 Å². The van der Waals surface area contributed by atoms with Crippen LogP contribution in [0.4, 0.5) is 0 Å². The first kappa shape index (κ1) is 5.43. The van der Waals surface area contributed by atoms with Crippen LogP contribution in [0.25, 0.3) is 0 Å². The van der Waals surface area contributed by atoms with Crippen LogP contribution in [-0.4, -0.2) is 16.8 Å². The summed E-state index contributed by atoms with van der Waals surface area (Å²) in [5, 5.41) is 3.22. The summed E-state index contributed by atoms with van der Waals surface area (Å²) in [5.74, 6) is -0.382. The van der Waals surface area contributed by atoms with Gasteiger partial charge in [0.25, 0.3) is 5.91 Å². The van der Waals surface area contributed by atoms with Crippen molar-refractivity contribution in [1.29, 1.82) is 0 Å². The molecule has 0 saturated heterocycles. The minimum Gasteiger partial charge on any atom is -0.367 e. The summed E-state index contributed by atoms with van der Waals surface area (Å²) in [6.45, 7) is 0. The first-order chi connectivity index (χ1) is 3.80. The van der Waals surface area contributed by atoms with E-state index >= 15 is 0 Å². The van der Waals surface area contributed by atoms with Crippen LogP contribution in [0.15, 0.2) is 5.10 Å². The smallest absolute Gasteiger partial charge is 0.252 e. The van der Waals surface area contributed by atoms with Gasteiger partial charge in [-0.25, -0.2) is 0 Å². The molecule has 1 aliphatic rings. The highest BCUT2D eigenvalue weighted by molar-refractivity contribution is 8.13. The van der Waals surface area contributed by atoms with Crippen LogP contribution in [0.5, 0.6) is 0 Å². The number of hydrogen-bond acceptors (Lipinski definition) is 4. The number of nitrogens with two attached hydrogens (primary N) is 1. The molecule has 0 spiro atoms. The third kappa shape index (κ3) is 0.919. The van der Waals surface area contributed by atoms with Crippen LogP contribution in [0.2, 0.25) is 0 Å². The molecule has 0 aromatic heterocycles. The van der Waals surface area contributed by atoms with E-state index in [9.17, 15) is 4.79 Å². The van der Waals surface area contributed by atoms with E-state index in [0.717, 1.165) is 0 Å². The third-order valence-electron chi connectivity index (χ3n) is 0.700. The van der Waals surface area contributed by atoms with Crippen molar-refractivity contribution in [2.45, 2.75) is 5.37 Å². The fourth-order valence-corrected chi connectivity index (χ4v) is 0.850. The molecule has 0 aromatic rings. The van der Waals surface area contributed by atoms with Crippen molar-refractivity contribution in [2.24, 2.45) is 10.8 Å². The number of primary amides is 1. The Morgan fingerprint density at radius 1 is 2.00 bits per heavy atom. The Balaban J connectivity index is 2.41. The maximum absolute atomic E-state index is 10.3. The number of amides is 1. The van der Waals surface area contributed by atoms with Crippen LogP contribution < -0.4 is 11.2 Å². The summed E-state index contributed by atoms with van der Waals surface area (Å²) in [6.07, 6.45) is 0. The lowest BCUT2D eigenvalue weighted by molar-refractivity contribution is -0.117. The average Bonchev–Trinajstić information content (AvgIpc) is 2.12. The normalized spacial score (nSPS) is 25.2. The van der Waals surface area contributed by atoms with Crippen LogP contribution in [-0.2, 0) is 4.79 Å². The lowest BCUT2D eigenvalue weighted by atomic mass is 10.6. The Morgan fingerprint density at radius 2 is 2.75 bits per heavy atom. The van der Waals surface area contributed by atoms with Gasteiger partial charge in [0.15, 0.2) is 5.37 Å². The number of hydrogen-bond donors (Lipinski definition) is 2. The maximum atomic E-state index is 10.3. The van der Waals surface area contributed by atoms with Crippen LogP contribution in [0, 0.1) is 0 Å². The van der Waals surface area contributed by atoms with Crippen molar-refractivity contribution in [3.63, 3.8) is 0 Å². The highest BCUT2D eigenvalue weighted by Gasteiger charge is 2.16. The minimum absolute atomic E-state index is 0.352. The van der Waals surface area contributed by atoms with Gasteiger partial charge in [0.2, 0.25) is 0 Å². The summed E-state index contributed by atoms with van der Waals surface area (Å²) in [5.41, 5.74) is 8.96. The number of rotatable bonds is 1. The van der Waals surface area contributed by atoms with Crippen molar-refractivity contribution in [3.8, 4) is 0 Å². The quantitative estimate of drug-likeness (QED) is 0.483. The second-order valence-corrected chi connectivity index (χ2v) is 2.24. The van der Waals surface area contributed by atoms with E-state index < -0.39 is 0 Å². The van der Waals surface area contributed by atoms with Gasteiger partial charge >= 0.3 is 0 Å². The molecular formula is C3H5N3OS. The van der Waals surface area contributed by atoms with Gasteiger partial charge in [0.05, 0.1) is 5.55 Å². The topological polar surface area (TPSA) is 67.5 Å². The molecule has 0 fully saturated rings. The highest BCUT2D eigenvalue weighted by Crippen LogP contribution is 2.07. The predicted octanol–water partition coefficient (Wildman–Crippen LogP) is -0.922. The Bertz CT molecular complexity index is 126. The summed E-state index contributed by atoms with van der Waals surface area (Å²) in [7, 11) is 0. The van der Waals surface area contributed by atoms with Crippen molar-refractivity contribution in [3.05, 3.63) is 0 Å². The van der Waals surface area contributed by atoms with Crippen LogP contribution in [0.1, 0.15) is 0 Å². The largest absolute Gasteiger partial charge is 0.367 e. The van der Waals surface area contributed by atoms with Crippen molar-refractivity contribution in [2.75, 3.05) is 0 Å². The fraction of sp³-hybridized carbons (Fsp3) is 0.333. The second-order valence-electron chi connectivity index (χ2n) is 1.28. The average molecular weight is 131 g/mol. The van der Waals surface area contributed by atoms with Crippen LogP contribution in [0.3, 0.4) is 0 Å². The van der Waals surface area contributed by atoms with Gasteiger partial charge < -0.3 is 5.73 Å². The second kappa shape index (κ2) is 2.04. The van der Waals surface area contributed by atoms with E-state index in [-0.39, 0.29) is 11.3 Å². The molecule has 4 nitrogen and oxygen atoms in total. The lowest BCUT2D eigenvalue weighted by Crippen LogP contribution is -2.32. The molecule has 0 bridgehead atoms. The van der Waals surface area contributed by atoms with Crippen molar-refractivity contribution < 1.29 is 4.79 Å². The molecule has 8 heavy (non-hydrogen) atoms. The Labute approximate surface area is 50.5 Å². The molecule has 44 valence electrons. The molecule has 1 amide bonds. The summed E-state index contributed by atoms with van der Waals surface area (Å²) >= 11 is 1.27. The fourth-order valence-electron chi connectivity index (χ4n) is 0.351. The number of hydrazone groups is 1. The first-order valence-corrected chi connectivity index (χ1v) is 2.97. The summed E-state index contributed by atoms with van der Waals surface area (Å²) in [6, 6.07) is 0. The van der Waals surface area contributed by atoms with E-state index in [1.54, 1.807) is 5.55 Å². The zero-order valence-electron chi connectivity index (χ0n) is 4.00. The van der Waals surface area contributed by atoms with Gasteiger partial charge in [-0.05, 0) is 0 Å². The maximum Gasteiger partial charge on any atom is 0.252 e. The van der Waals surface area contributed by atoms with Gasteiger partial charge in [-0.15, -0.1) is 0 Å². The predicted molar refractivity (Wildman–Crippen MR) is 32.2 cm³/mol. The zero-order chi connectivity index (χ0) is 5.98. The summed E-state index contributed by atoms with van der Waals surface area (Å²) in [4.78, 5) is 10.3. The SMILES string of the molecule is NC(=O)C1NN=CS1. The molecule has 1 atom stereocenters. The zero-order valence-corrected chi connectivity index (χ0v) is 4.81. The van der Waals surface area contributed by atoms with Gasteiger partial charge in [0.1, 0.15) is 0 Å². The van der Waals surface area contributed by atoms with Crippen molar-refractivity contribution >= 4 is 23.2 Å². The number of carbonyl (C=O) groups is 1. The molecule has 1 unspecified atom stereocenters. The van der Waals surface area contributed by atoms with E-state index in [0.29, 0.717) is 0 Å². The molecule has 1 aliphatic heterocycles. The lowest BCUT2D eigenvalue weighted by Gasteiger charge is -1.99. The Hall–Kier alpha value is -0.710. The highest BCUT2D eigenvalue weighted by atomic mass is 32.2. The molecule has 1 heterocycles. The summed E-state index contributed by atoms with van der Waals surface area (Å²) < 4.78 is 0. The number of nitrogens with zero attached hydrogens (tertiary/aromatic N) is 1. The molecule has 1 rings (SSSR count). The molecule has 3 N–H and O–H groups in total. The minimum atomic E-state index is -0.382. The molecule has 0 aromatic carbocycles. The van der Waals surface area contributed by atoms with E-state index in [4.69, 9.17) is 5.73 Å². The Kier molecular flexibility index (Phi) is 1.38. The van der Waals surface area contributed by atoms with Crippen LogP contribution >= 0.6 is 11.8 Å². The molecular weight excluding hydrogens is 126 g/mol. The Morgan fingerprint density at radius 3 is 3.00 bits per heavy atom. The standard InChI is InChI=1S/C3H5N3OS/c4-2(7)3-6-5-1-8-3/h1,3,6H,(H2,4,7). The molecule has 0 radical (unpaired) electrons. The first-order valence-electron chi connectivity index (χ1n) is 2.02.